The van der Waals surface area contributed by atoms with Gasteiger partial charge in [-0.3, -0.25) is 9.59 Å². The minimum Gasteiger partial charge on any atom is -0.497 e. The first-order chi connectivity index (χ1) is 11.4. The second kappa shape index (κ2) is 6.35. The SMILES string of the molecule is COc1ccc2nc(CNC(=O)[C@H]3CSC(C)(C)C(=O)N3)[nH]c2c1. The Kier molecular flexibility index (Phi) is 4.40. The Morgan fingerprint density at radius 1 is 1.50 bits per heavy atom. The number of hydrogen-bond acceptors (Lipinski definition) is 5. The lowest BCUT2D eigenvalue weighted by Gasteiger charge is -2.32. The van der Waals surface area contributed by atoms with E-state index in [0.29, 0.717) is 11.6 Å². The first kappa shape index (κ1) is 16.6. The van der Waals surface area contributed by atoms with Crippen molar-refractivity contribution in [3.8, 4) is 5.75 Å². The number of nitrogens with zero attached hydrogens (tertiary/aromatic N) is 1. The second-order valence-electron chi connectivity index (χ2n) is 6.13. The molecule has 1 saturated heterocycles. The number of rotatable bonds is 4. The molecule has 0 aliphatic carbocycles. The summed E-state index contributed by atoms with van der Waals surface area (Å²) in [6.45, 7) is 3.98. The number of thioether (sulfide) groups is 1. The molecule has 1 aliphatic rings. The lowest BCUT2D eigenvalue weighted by molar-refractivity contribution is -0.129. The number of amides is 2. The van der Waals surface area contributed by atoms with Crippen LogP contribution < -0.4 is 15.4 Å². The summed E-state index contributed by atoms with van der Waals surface area (Å²) in [5.41, 5.74) is 1.66. The lowest BCUT2D eigenvalue weighted by atomic mass is 10.1. The maximum atomic E-state index is 12.2. The highest BCUT2D eigenvalue weighted by Crippen LogP contribution is 2.29. The third-order valence-electron chi connectivity index (χ3n) is 3.95. The summed E-state index contributed by atoms with van der Waals surface area (Å²) in [6, 6.07) is 5.03. The van der Waals surface area contributed by atoms with Crippen molar-refractivity contribution in [3.05, 3.63) is 24.0 Å². The van der Waals surface area contributed by atoms with E-state index in [1.165, 1.54) is 11.8 Å². The zero-order valence-corrected chi connectivity index (χ0v) is 14.6. The van der Waals surface area contributed by atoms with Crippen molar-refractivity contribution in [2.45, 2.75) is 31.2 Å². The van der Waals surface area contributed by atoms with E-state index in [-0.39, 0.29) is 18.4 Å². The summed E-state index contributed by atoms with van der Waals surface area (Å²) in [5.74, 6) is 1.63. The van der Waals surface area contributed by atoms with Gasteiger partial charge >= 0.3 is 0 Å². The summed E-state index contributed by atoms with van der Waals surface area (Å²) < 4.78 is 4.68. The van der Waals surface area contributed by atoms with Gasteiger partial charge in [-0.05, 0) is 26.0 Å². The van der Waals surface area contributed by atoms with Gasteiger partial charge < -0.3 is 20.4 Å². The number of carbonyl (C=O) groups excluding carboxylic acids is 2. The number of H-pyrrole nitrogens is 1. The highest BCUT2D eigenvalue weighted by molar-refractivity contribution is 8.01. The zero-order chi connectivity index (χ0) is 17.3. The molecule has 2 amide bonds. The molecule has 24 heavy (non-hydrogen) atoms. The van der Waals surface area contributed by atoms with E-state index in [0.717, 1.165) is 16.8 Å². The number of fused-ring (bicyclic) bond motifs is 1. The van der Waals surface area contributed by atoms with Crippen LogP contribution >= 0.6 is 11.8 Å². The van der Waals surface area contributed by atoms with Crippen LogP contribution in [0.4, 0.5) is 0 Å². The van der Waals surface area contributed by atoms with Crippen LogP contribution in [0.5, 0.6) is 5.75 Å². The molecule has 128 valence electrons. The molecule has 3 rings (SSSR count). The van der Waals surface area contributed by atoms with Gasteiger partial charge in [-0.25, -0.2) is 4.98 Å². The van der Waals surface area contributed by atoms with Crippen LogP contribution in [0.2, 0.25) is 0 Å². The van der Waals surface area contributed by atoms with E-state index in [1.54, 1.807) is 7.11 Å². The number of imidazole rings is 1. The molecule has 3 N–H and O–H groups in total. The van der Waals surface area contributed by atoms with Crippen molar-refractivity contribution in [2.24, 2.45) is 0 Å². The van der Waals surface area contributed by atoms with Crippen LogP contribution in [-0.4, -0.2) is 45.4 Å². The fraction of sp³-hybridized carbons (Fsp3) is 0.438. The van der Waals surface area contributed by atoms with Crippen molar-refractivity contribution < 1.29 is 14.3 Å². The predicted molar refractivity (Wildman–Crippen MR) is 93.0 cm³/mol. The van der Waals surface area contributed by atoms with Crippen molar-refractivity contribution >= 4 is 34.6 Å². The summed E-state index contributed by atoms with van der Waals surface area (Å²) in [6.07, 6.45) is 0. The van der Waals surface area contributed by atoms with Gasteiger partial charge in [-0.1, -0.05) is 0 Å². The molecule has 0 unspecified atom stereocenters. The van der Waals surface area contributed by atoms with Crippen molar-refractivity contribution in [1.82, 2.24) is 20.6 Å². The molecule has 1 fully saturated rings. The molecule has 7 nitrogen and oxygen atoms in total. The van der Waals surface area contributed by atoms with Crippen molar-refractivity contribution in [3.63, 3.8) is 0 Å². The minimum absolute atomic E-state index is 0.116. The molecule has 0 bridgehead atoms. The van der Waals surface area contributed by atoms with Gasteiger partial charge in [0.2, 0.25) is 11.8 Å². The molecule has 8 heteroatoms. The summed E-state index contributed by atoms with van der Waals surface area (Å²) in [5, 5.41) is 5.58. The Hall–Kier alpha value is -2.22. The van der Waals surface area contributed by atoms with Crippen LogP contribution in [0, 0.1) is 0 Å². The number of aromatic nitrogens is 2. The Morgan fingerprint density at radius 3 is 3.00 bits per heavy atom. The van der Waals surface area contributed by atoms with Gasteiger partial charge in [0.05, 0.1) is 29.4 Å². The normalized spacial score (nSPS) is 19.8. The highest BCUT2D eigenvalue weighted by Gasteiger charge is 2.37. The molecule has 2 heterocycles. The smallest absolute Gasteiger partial charge is 0.243 e. The van der Waals surface area contributed by atoms with E-state index in [1.807, 2.05) is 32.0 Å². The molecular weight excluding hydrogens is 328 g/mol. The van der Waals surface area contributed by atoms with Crippen molar-refractivity contribution in [2.75, 3.05) is 12.9 Å². The van der Waals surface area contributed by atoms with Crippen molar-refractivity contribution in [1.29, 1.82) is 0 Å². The van der Waals surface area contributed by atoms with E-state index in [9.17, 15) is 9.59 Å². The van der Waals surface area contributed by atoms with Gasteiger partial charge in [-0.2, -0.15) is 0 Å². The molecule has 1 atom stereocenters. The van der Waals surface area contributed by atoms with Crippen LogP contribution in [0.25, 0.3) is 11.0 Å². The predicted octanol–water partition coefficient (Wildman–Crippen LogP) is 1.20. The maximum Gasteiger partial charge on any atom is 0.243 e. The first-order valence-corrected chi connectivity index (χ1v) is 8.63. The maximum absolute atomic E-state index is 12.2. The quantitative estimate of drug-likeness (QED) is 0.771. The number of benzene rings is 1. The third-order valence-corrected chi connectivity index (χ3v) is 5.35. The summed E-state index contributed by atoms with van der Waals surface area (Å²) in [7, 11) is 1.61. The van der Waals surface area contributed by atoms with Gasteiger partial charge in [0.25, 0.3) is 0 Å². The van der Waals surface area contributed by atoms with E-state index < -0.39 is 10.8 Å². The average Bonchev–Trinajstić information content (AvgIpc) is 2.97. The highest BCUT2D eigenvalue weighted by atomic mass is 32.2. The Labute approximate surface area is 143 Å². The third kappa shape index (κ3) is 3.33. The van der Waals surface area contributed by atoms with Crippen LogP contribution in [0.15, 0.2) is 18.2 Å². The molecule has 2 aromatic rings. The molecule has 1 aliphatic heterocycles. The Bertz CT molecular complexity index is 787. The molecular formula is C16H20N4O3S. The number of aromatic amines is 1. The average molecular weight is 348 g/mol. The number of carbonyl (C=O) groups is 2. The number of hydrogen-bond donors (Lipinski definition) is 3. The largest absolute Gasteiger partial charge is 0.497 e. The monoisotopic (exact) mass is 348 g/mol. The number of methoxy groups -OCH3 is 1. The van der Waals surface area contributed by atoms with E-state index in [4.69, 9.17) is 4.74 Å². The summed E-state index contributed by atoms with van der Waals surface area (Å²) >= 11 is 1.48. The first-order valence-electron chi connectivity index (χ1n) is 7.64. The second-order valence-corrected chi connectivity index (χ2v) is 7.77. The van der Waals surface area contributed by atoms with Crippen LogP contribution in [0.1, 0.15) is 19.7 Å². The molecule has 0 radical (unpaired) electrons. The summed E-state index contributed by atoms with van der Waals surface area (Å²) in [4.78, 5) is 31.8. The number of nitrogens with one attached hydrogen (secondary N) is 3. The molecule has 0 saturated carbocycles. The number of ether oxygens (including phenoxy) is 1. The molecule has 1 aromatic heterocycles. The fourth-order valence-corrected chi connectivity index (χ4v) is 3.43. The Balaban J connectivity index is 1.61. The van der Waals surface area contributed by atoms with Gasteiger partial charge in [0.15, 0.2) is 0 Å². The standard InChI is InChI=1S/C16H20N4O3S/c1-16(2)15(22)20-12(8-24-16)14(21)17-7-13-18-10-5-4-9(23-3)6-11(10)19-13/h4-6,12H,7-8H2,1-3H3,(H,17,21)(H,18,19)(H,20,22)/t12-/m1/s1. The Morgan fingerprint density at radius 2 is 2.29 bits per heavy atom. The van der Waals surface area contributed by atoms with Crippen LogP contribution in [0.3, 0.4) is 0 Å². The van der Waals surface area contributed by atoms with E-state index in [2.05, 4.69) is 20.6 Å². The van der Waals surface area contributed by atoms with Gasteiger partial charge in [0.1, 0.15) is 17.6 Å². The van der Waals surface area contributed by atoms with E-state index >= 15 is 0 Å². The fourth-order valence-electron chi connectivity index (χ4n) is 2.42. The molecule has 0 spiro atoms. The minimum atomic E-state index is -0.514. The topological polar surface area (TPSA) is 96.1 Å². The van der Waals surface area contributed by atoms with Crippen LogP contribution in [-0.2, 0) is 16.1 Å². The lowest BCUT2D eigenvalue weighted by Crippen LogP contribution is -2.57. The van der Waals surface area contributed by atoms with Gasteiger partial charge in [0, 0.05) is 11.8 Å². The van der Waals surface area contributed by atoms with Gasteiger partial charge in [-0.15, -0.1) is 11.8 Å². The zero-order valence-electron chi connectivity index (χ0n) is 13.8. The molecule has 1 aromatic carbocycles.